The van der Waals surface area contributed by atoms with Gasteiger partial charge in [-0.3, -0.25) is 4.74 Å². The van der Waals surface area contributed by atoms with Gasteiger partial charge in [0.05, 0.1) is 0 Å². The van der Waals surface area contributed by atoms with Crippen molar-refractivity contribution in [2.75, 3.05) is 0 Å². The number of hydrogen-bond donors (Lipinski definition) is 0. The molecule has 0 bridgehead atoms. The van der Waals surface area contributed by atoms with Gasteiger partial charge in [0, 0.05) is 6.07 Å². The maximum absolute atomic E-state index is 11.1. The SMILES string of the molecule is O=C1C=[C+]Oc2ccccc21. The third-order valence-corrected chi connectivity index (χ3v) is 1.51. The summed E-state index contributed by atoms with van der Waals surface area (Å²) in [6, 6.07) is 7.10. The Labute approximate surface area is 64.1 Å². The van der Waals surface area contributed by atoms with Crippen LogP contribution in [0.5, 0.6) is 5.75 Å². The molecule has 0 saturated heterocycles. The summed E-state index contributed by atoms with van der Waals surface area (Å²) in [6.45, 7) is 0. The van der Waals surface area contributed by atoms with Crippen LogP contribution in [0.4, 0.5) is 0 Å². The monoisotopic (exact) mass is 145 g/mol. The van der Waals surface area contributed by atoms with E-state index in [9.17, 15) is 4.79 Å². The fourth-order valence-corrected chi connectivity index (χ4v) is 0.983. The van der Waals surface area contributed by atoms with E-state index in [1.807, 2.05) is 6.07 Å². The van der Waals surface area contributed by atoms with Gasteiger partial charge in [-0.05, 0) is 12.1 Å². The van der Waals surface area contributed by atoms with Gasteiger partial charge in [-0.1, -0.05) is 6.07 Å². The Kier molecular flexibility index (Phi) is 1.21. The van der Waals surface area contributed by atoms with Gasteiger partial charge in [0.1, 0.15) is 0 Å². The lowest BCUT2D eigenvalue weighted by Crippen LogP contribution is -2.03. The van der Waals surface area contributed by atoms with Gasteiger partial charge in [0.2, 0.25) is 6.26 Å². The highest BCUT2D eigenvalue weighted by molar-refractivity contribution is 6.06. The largest absolute Gasteiger partial charge is 0.310 e. The topological polar surface area (TPSA) is 26.3 Å². The van der Waals surface area contributed by atoms with Crippen molar-refractivity contribution < 1.29 is 9.53 Å². The maximum Gasteiger partial charge on any atom is 0.310 e. The molecular formula is C9H5O2+. The fraction of sp³-hybridized carbons (Fsp3) is 0. The number of ether oxygens (including phenoxy) is 1. The van der Waals surface area contributed by atoms with Crippen molar-refractivity contribution in [3.05, 3.63) is 42.2 Å². The summed E-state index contributed by atoms with van der Waals surface area (Å²) in [5.41, 5.74) is 0.603. The lowest BCUT2D eigenvalue weighted by molar-refractivity contribution is 0.103. The first-order valence-electron chi connectivity index (χ1n) is 3.27. The Balaban J connectivity index is 2.59. The molecule has 1 aromatic rings. The highest BCUT2D eigenvalue weighted by Gasteiger charge is 2.23. The number of ketones is 1. The van der Waals surface area contributed by atoms with Crippen molar-refractivity contribution in [2.45, 2.75) is 0 Å². The molecule has 11 heavy (non-hydrogen) atoms. The molecule has 0 radical (unpaired) electrons. The van der Waals surface area contributed by atoms with Crippen LogP contribution in [0.25, 0.3) is 0 Å². The van der Waals surface area contributed by atoms with Crippen molar-refractivity contribution in [3.63, 3.8) is 0 Å². The predicted molar refractivity (Wildman–Crippen MR) is 39.2 cm³/mol. The average Bonchev–Trinajstić information content (AvgIpc) is 2.06. The summed E-state index contributed by atoms with van der Waals surface area (Å²) in [5, 5.41) is 0. The van der Waals surface area contributed by atoms with Crippen molar-refractivity contribution >= 4 is 5.78 Å². The maximum atomic E-state index is 11.1. The van der Waals surface area contributed by atoms with E-state index in [1.165, 1.54) is 6.08 Å². The molecule has 0 N–H and O–H groups in total. The van der Waals surface area contributed by atoms with Crippen molar-refractivity contribution in [1.29, 1.82) is 0 Å². The molecule has 2 rings (SSSR count). The van der Waals surface area contributed by atoms with Crippen LogP contribution in [0.3, 0.4) is 0 Å². The molecule has 0 aromatic heterocycles. The molecule has 1 aromatic carbocycles. The minimum Gasteiger partial charge on any atom is -0.287 e. The minimum absolute atomic E-state index is 0.0492. The number of rotatable bonds is 0. The second kappa shape index (κ2) is 2.19. The van der Waals surface area contributed by atoms with Crippen molar-refractivity contribution in [1.82, 2.24) is 0 Å². The summed E-state index contributed by atoms with van der Waals surface area (Å²) < 4.78 is 4.97. The summed E-state index contributed by atoms with van der Waals surface area (Å²) in [4.78, 5) is 11.1. The van der Waals surface area contributed by atoms with Crippen LogP contribution in [0.1, 0.15) is 10.4 Å². The first-order chi connectivity index (χ1) is 5.38. The van der Waals surface area contributed by atoms with Gasteiger partial charge in [-0.2, -0.15) is 0 Å². The zero-order valence-electron chi connectivity index (χ0n) is 5.70. The van der Waals surface area contributed by atoms with Crippen molar-refractivity contribution in [3.8, 4) is 5.75 Å². The molecule has 52 valence electrons. The Morgan fingerprint density at radius 3 is 2.91 bits per heavy atom. The standard InChI is InChI=1S/C9H5O2/c10-8-5-6-11-9-4-2-1-3-7(8)9/h1-5H/q+1. The third kappa shape index (κ3) is 0.896. The van der Waals surface area contributed by atoms with Crippen LogP contribution in [-0.2, 0) is 0 Å². The molecule has 0 spiro atoms. The smallest absolute Gasteiger partial charge is 0.287 e. The van der Waals surface area contributed by atoms with E-state index < -0.39 is 0 Å². The highest BCUT2D eigenvalue weighted by atomic mass is 16.5. The second-order valence-electron chi connectivity index (χ2n) is 2.22. The summed E-state index contributed by atoms with van der Waals surface area (Å²) in [6.07, 6.45) is 3.71. The fourth-order valence-electron chi connectivity index (χ4n) is 0.983. The molecule has 1 aliphatic heterocycles. The summed E-state index contributed by atoms with van der Waals surface area (Å²) >= 11 is 0. The van der Waals surface area contributed by atoms with Crippen LogP contribution in [0, 0.1) is 6.26 Å². The van der Waals surface area contributed by atoms with Gasteiger partial charge in [0.25, 0.3) is 5.75 Å². The number of hydrogen-bond acceptors (Lipinski definition) is 2. The van der Waals surface area contributed by atoms with Gasteiger partial charge < -0.3 is 0 Å². The molecular weight excluding hydrogens is 140 g/mol. The number of carbonyl (C=O) groups is 1. The molecule has 0 amide bonds. The Hall–Kier alpha value is -1.66. The predicted octanol–water partition coefficient (Wildman–Crippen LogP) is 1.58. The average molecular weight is 145 g/mol. The number of para-hydroxylation sites is 1. The number of carbonyl (C=O) groups excluding carboxylic acids is 1. The lowest BCUT2D eigenvalue weighted by Gasteiger charge is -1.96. The van der Waals surface area contributed by atoms with E-state index in [-0.39, 0.29) is 5.78 Å². The number of benzene rings is 1. The van der Waals surface area contributed by atoms with Gasteiger partial charge >= 0.3 is 5.78 Å². The van der Waals surface area contributed by atoms with Crippen LogP contribution in [0.2, 0.25) is 0 Å². The van der Waals surface area contributed by atoms with E-state index in [0.29, 0.717) is 11.3 Å². The van der Waals surface area contributed by atoms with E-state index in [4.69, 9.17) is 4.74 Å². The van der Waals surface area contributed by atoms with Gasteiger partial charge in [-0.25, -0.2) is 4.79 Å². The van der Waals surface area contributed by atoms with E-state index in [1.54, 1.807) is 18.2 Å². The Morgan fingerprint density at radius 1 is 1.27 bits per heavy atom. The van der Waals surface area contributed by atoms with E-state index in [2.05, 4.69) is 6.26 Å². The molecule has 0 saturated carbocycles. The lowest BCUT2D eigenvalue weighted by atomic mass is 10.1. The first kappa shape index (κ1) is 6.08. The molecule has 0 atom stereocenters. The Morgan fingerprint density at radius 2 is 2.09 bits per heavy atom. The first-order valence-corrected chi connectivity index (χ1v) is 3.27. The molecule has 2 nitrogen and oxygen atoms in total. The molecule has 0 aliphatic carbocycles. The highest BCUT2D eigenvalue weighted by Crippen LogP contribution is 2.21. The molecule has 0 fully saturated rings. The van der Waals surface area contributed by atoms with E-state index >= 15 is 0 Å². The zero-order valence-corrected chi connectivity index (χ0v) is 5.70. The van der Waals surface area contributed by atoms with Gasteiger partial charge in [0.15, 0.2) is 11.6 Å². The van der Waals surface area contributed by atoms with Crippen LogP contribution in [0.15, 0.2) is 30.3 Å². The van der Waals surface area contributed by atoms with Crippen molar-refractivity contribution in [2.24, 2.45) is 0 Å². The third-order valence-electron chi connectivity index (χ3n) is 1.51. The molecule has 1 aliphatic rings. The molecule has 0 unspecified atom stereocenters. The van der Waals surface area contributed by atoms with Crippen LogP contribution >= 0.6 is 0 Å². The molecule has 2 heteroatoms. The van der Waals surface area contributed by atoms with E-state index in [0.717, 1.165) is 0 Å². The quantitative estimate of drug-likeness (QED) is 0.518. The van der Waals surface area contributed by atoms with Crippen LogP contribution in [-0.4, -0.2) is 5.78 Å². The number of fused-ring (bicyclic) bond motifs is 1. The summed E-state index contributed by atoms with van der Waals surface area (Å²) in [5.74, 6) is 0.534. The number of allylic oxidation sites excluding steroid dienone is 1. The van der Waals surface area contributed by atoms with Crippen LogP contribution < -0.4 is 4.74 Å². The molecule has 1 heterocycles. The second-order valence-corrected chi connectivity index (χ2v) is 2.22. The Bertz CT molecular complexity index is 326. The normalized spacial score (nSPS) is 13.3. The summed E-state index contributed by atoms with van der Waals surface area (Å²) in [7, 11) is 0. The zero-order chi connectivity index (χ0) is 7.68. The van der Waals surface area contributed by atoms with Gasteiger partial charge in [-0.15, -0.1) is 0 Å². The minimum atomic E-state index is -0.0492.